The fourth-order valence-corrected chi connectivity index (χ4v) is 3.55. The third-order valence-electron chi connectivity index (χ3n) is 5.22. The number of hydrogen-bond acceptors (Lipinski definition) is 5. The maximum absolute atomic E-state index is 13.0. The van der Waals surface area contributed by atoms with Crippen LogP contribution in [-0.2, 0) is 19.1 Å². The molecule has 27 heavy (non-hydrogen) atoms. The molecular weight excluding hydrogens is 348 g/mol. The SMILES string of the molecule is CCOC(=O)c1ccc(N2C(=O)CC(N(C(=O)C3CC3)C3CC3)C2=O)cc1. The Bertz CT molecular complexity index is 795. The summed E-state index contributed by atoms with van der Waals surface area (Å²) in [6, 6.07) is 5.59. The fraction of sp³-hybridized carbons (Fsp3) is 0.500. The molecule has 1 aromatic rings. The first kappa shape index (κ1) is 17.7. The summed E-state index contributed by atoms with van der Waals surface area (Å²) in [7, 11) is 0. The molecule has 1 unspecified atom stereocenters. The summed E-state index contributed by atoms with van der Waals surface area (Å²) >= 11 is 0. The van der Waals surface area contributed by atoms with Gasteiger partial charge in [-0.2, -0.15) is 0 Å². The van der Waals surface area contributed by atoms with Crippen LogP contribution in [0.3, 0.4) is 0 Å². The first-order valence-electron chi connectivity index (χ1n) is 9.47. The molecule has 142 valence electrons. The molecule has 1 heterocycles. The van der Waals surface area contributed by atoms with Gasteiger partial charge in [0.25, 0.3) is 5.91 Å². The molecular formula is C20H22N2O5. The maximum atomic E-state index is 13.0. The number of amides is 3. The van der Waals surface area contributed by atoms with Crippen molar-refractivity contribution in [1.29, 1.82) is 0 Å². The second-order valence-electron chi connectivity index (χ2n) is 7.31. The molecule has 4 rings (SSSR count). The molecule has 0 bridgehead atoms. The number of carbonyl (C=O) groups excluding carboxylic acids is 4. The minimum atomic E-state index is -0.706. The van der Waals surface area contributed by atoms with Crippen molar-refractivity contribution in [3.05, 3.63) is 29.8 Å². The number of esters is 1. The molecule has 3 aliphatic rings. The number of anilines is 1. The minimum Gasteiger partial charge on any atom is -0.462 e. The quantitative estimate of drug-likeness (QED) is 0.564. The normalized spacial score (nSPS) is 22.1. The van der Waals surface area contributed by atoms with E-state index >= 15 is 0 Å². The average Bonchev–Trinajstić information content (AvgIpc) is 3.55. The second-order valence-corrected chi connectivity index (χ2v) is 7.31. The van der Waals surface area contributed by atoms with Crippen LogP contribution >= 0.6 is 0 Å². The highest BCUT2D eigenvalue weighted by molar-refractivity contribution is 6.23. The van der Waals surface area contributed by atoms with Crippen LogP contribution in [0.15, 0.2) is 24.3 Å². The maximum Gasteiger partial charge on any atom is 0.338 e. The van der Waals surface area contributed by atoms with Crippen molar-refractivity contribution in [3.63, 3.8) is 0 Å². The van der Waals surface area contributed by atoms with Crippen LogP contribution in [0.2, 0.25) is 0 Å². The lowest BCUT2D eigenvalue weighted by Gasteiger charge is -2.27. The molecule has 1 aromatic carbocycles. The van der Waals surface area contributed by atoms with Gasteiger partial charge in [0.15, 0.2) is 0 Å². The standard InChI is InChI=1S/C20H22N2O5/c1-2-27-20(26)13-5-7-15(8-6-13)22-17(23)11-16(19(22)25)21(14-9-10-14)18(24)12-3-4-12/h5-8,12,14,16H,2-4,9-11H2,1H3. The molecule has 1 atom stereocenters. The highest BCUT2D eigenvalue weighted by Gasteiger charge is 2.51. The van der Waals surface area contributed by atoms with Gasteiger partial charge < -0.3 is 9.64 Å². The molecule has 3 fully saturated rings. The van der Waals surface area contributed by atoms with Gasteiger partial charge in [-0.3, -0.25) is 14.4 Å². The van der Waals surface area contributed by atoms with Gasteiger partial charge in [-0.05, 0) is 56.9 Å². The molecule has 1 aliphatic heterocycles. The van der Waals surface area contributed by atoms with Gasteiger partial charge in [-0.15, -0.1) is 0 Å². The number of hydrogen-bond donors (Lipinski definition) is 0. The van der Waals surface area contributed by atoms with Gasteiger partial charge in [0, 0.05) is 12.0 Å². The van der Waals surface area contributed by atoms with Crippen molar-refractivity contribution in [1.82, 2.24) is 4.90 Å². The average molecular weight is 370 g/mol. The smallest absolute Gasteiger partial charge is 0.338 e. The number of ether oxygens (including phenoxy) is 1. The molecule has 3 amide bonds. The third kappa shape index (κ3) is 3.34. The van der Waals surface area contributed by atoms with Gasteiger partial charge in [0.05, 0.1) is 24.3 Å². The van der Waals surface area contributed by atoms with Crippen molar-refractivity contribution < 1.29 is 23.9 Å². The van der Waals surface area contributed by atoms with Crippen LogP contribution in [0, 0.1) is 5.92 Å². The zero-order chi connectivity index (χ0) is 19.1. The third-order valence-corrected chi connectivity index (χ3v) is 5.22. The van der Waals surface area contributed by atoms with Crippen LogP contribution in [0.25, 0.3) is 0 Å². The summed E-state index contributed by atoms with van der Waals surface area (Å²) in [6.45, 7) is 2.00. The van der Waals surface area contributed by atoms with Gasteiger partial charge in [-0.1, -0.05) is 0 Å². The Balaban J connectivity index is 1.54. The van der Waals surface area contributed by atoms with E-state index in [1.54, 1.807) is 24.0 Å². The Morgan fingerprint density at radius 1 is 1.11 bits per heavy atom. The van der Waals surface area contributed by atoms with E-state index in [9.17, 15) is 19.2 Å². The first-order valence-corrected chi connectivity index (χ1v) is 9.47. The number of imide groups is 1. The summed E-state index contributed by atoms with van der Waals surface area (Å²) in [4.78, 5) is 52.7. The van der Waals surface area contributed by atoms with Gasteiger partial charge in [0.1, 0.15) is 6.04 Å². The van der Waals surface area contributed by atoms with Crippen molar-refractivity contribution in [2.24, 2.45) is 5.92 Å². The number of rotatable bonds is 6. The van der Waals surface area contributed by atoms with Gasteiger partial charge in [0.2, 0.25) is 11.8 Å². The monoisotopic (exact) mass is 370 g/mol. The van der Waals surface area contributed by atoms with E-state index in [4.69, 9.17) is 4.74 Å². The predicted octanol–water partition coefficient (Wildman–Crippen LogP) is 1.90. The van der Waals surface area contributed by atoms with Crippen LogP contribution in [0.5, 0.6) is 0 Å². The van der Waals surface area contributed by atoms with E-state index in [-0.39, 0.29) is 42.7 Å². The van der Waals surface area contributed by atoms with Crippen LogP contribution in [0.1, 0.15) is 49.4 Å². The Morgan fingerprint density at radius 2 is 1.78 bits per heavy atom. The van der Waals surface area contributed by atoms with Crippen LogP contribution < -0.4 is 4.90 Å². The van der Waals surface area contributed by atoms with Crippen molar-refractivity contribution >= 4 is 29.4 Å². The molecule has 7 nitrogen and oxygen atoms in total. The molecule has 7 heteroatoms. The Morgan fingerprint density at radius 3 is 2.33 bits per heavy atom. The summed E-state index contributed by atoms with van der Waals surface area (Å²) in [5.74, 6) is -1.08. The molecule has 2 aliphatic carbocycles. The summed E-state index contributed by atoms with van der Waals surface area (Å²) < 4.78 is 4.94. The van der Waals surface area contributed by atoms with Gasteiger partial charge in [-0.25, -0.2) is 9.69 Å². The second kappa shape index (κ2) is 6.79. The van der Waals surface area contributed by atoms with Crippen molar-refractivity contribution in [2.45, 2.75) is 51.1 Å². The number of benzene rings is 1. The fourth-order valence-electron chi connectivity index (χ4n) is 3.55. The van der Waals surface area contributed by atoms with Crippen LogP contribution in [-0.4, -0.2) is 47.3 Å². The van der Waals surface area contributed by atoms with E-state index in [0.717, 1.165) is 30.6 Å². The lowest BCUT2D eigenvalue weighted by atomic mass is 10.1. The lowest BCUT2D eigenvalue weighted by Crippen LogP contribution is -2.47. The van der Waals surface area contributed by atoms with E-state index in [1.807, 2.05) is 0 Å². The highest BCUT2D eigenvalue weighted by atomic mass is 16.5. The zero-order valence-electron chi connectivity index (χ0n) is 15.2. The molecule has 0 aromatic heterocycles. The highest BCUT2D eigenvalue weighted by Crippen LogP contribution is 2.39. The van der Waals surface area contributed by atoms with Gasteiger partial charge >= 0.3 is 5.97 Å². The van der Waals surface area contributed by atoms with Crippen LogP contribution in [0.4, 0.5) is 5.69 Å². The lowest BCUT2D eigenvalue weighted by molar-refractivity contribution is -0.140. The van der Waals surface area contributed by atoms with E-state index < -0.39 is 12.0 Å². The zero-order valence-corrected chi connectivity index (χ0v) is 15.2. The molecule has 0 N–H and O–H groups in total. The van der Waals surface area contributed by atoms with E-state index in [1.165, 1.54) is 12.1 Å². The number of nitrogens with zero attached hydrogens (tertiary/aromatic N) is 2. The summed E-state index contributed by atoms with van der Waals surface area (Å²) in [5, 5.41) is 0. The Labute approximate surface area is 157 Å². The molecule has 0 radical (unpaired) electrons. The largest absolute Gasteiger partial charge is 0.462 e. The van der Waals surface area contributed by atoms with E-state index in [0.29, 0.717) is 11.3 Å². The Kier molecular flexibility index (Phi) is 4.45. The van der Waals surface area contributed by atoms with Crippen molar-refractivity contribution in [2.75, 3.05) is 11.5 Å². The van der Waals surface area contributed by atoms with Crippen molar-refractivity contribution in [3.8, 4) is 0 Å². The number of carbonyl (C=O) groups is 4. The first-order chi connectivity index (χ1) is 13.0. The summed E-state index contributed by atoms with van der Waals surface area (Å²) in [6.07, 6.45) is 3.55. The minimum absolute atomic E-state index is 0.0168. The summed E-state index contributed by atoms with van der Waals surface area (Å²) in [5.41, 5.74) is 0.773. The molecule has 0 spiro atoms. The van der Waals surface area contributed by atoms with E-state index in [2.05, 4.69) is 0 Å². The molecule has 2 saturated carbocycles. The predicted molar refractivity (Wildman–Crippen MR) is 95.9 cm³/mol. The molecule has 1 saturated heterocycles. The topological polar surface area (TPSA) is 84.0 Å². The Hall–Kier alpha value is -2.70.